The molecule has 0 spiro atoms. The van der Waals surface area contributed by atoms with E-state index < -0.39 is 0 Å². The molecule has 0 aliphatic rings. The van der Waals surface area contributed by atoms with Crippen LogP contribution in [-0.2, 0) is 16.0 Å². The fourth-order valence-electron chi connectivity index (χ4n) is 2.43. The van der Waals surface area contributed by atoms with Crippen molar-refractivity contribution in [2.24, 2.45) is 0 Å². The van der Waals surface area contributed by atoms with Gasteiger partial charge in [-0.15, -0.1) is 11.3 Å². The first-order valence-electron chi connectivity index (χ1n) is 8.69. The molecule has 156 valence electrons. The lowest BCUT2D eigenvalue weighted by Crippen LogP contribution is -2.15. The fraction of sp³-hybridized carbons (Fsp3) is 0.150. The van der Waals surface area contributed by atoms with Gasteiger partial charge in [-0.1, -0.05) is 23.4 Å². The molecule has 10 heteroatoms. The number of thiazole rings is 1. The van der Waals surface area contributed by atoms with Crippen LogP contribution in [0.2, 0.25) is 5.02 Å². The largest absolute Gasteiger partial charge is 0.495 e. The number of carbonyl (C=O) groups is 2. The summed E-state index contributed by atoms with van der Waals surface area (Å²) in [7, 11) is 1.51. The number of halogens is 2. The van der Waals surface area contributed by atoms with Gasteiger partial charge in [-0.2, -0.15) is 0 Å². The van der Waals surface area contributed by atoms with Gasteiger partial charge >= 0.3 is 0 Å². The van der Waals surface area contributed by atoms with Crippen LogP contribution in [0.5, 0.6) is 5.75 Å². The Kier molecular flexibility index (Phi) is 7.67. The first-order valence-corrected chi connectivity index (χ1v) is 10.9. The molecule has 0 aliphatic heterocycles. The number of benzene rings is 2. The van der Waals surface area contributed by atoms with Crippen LogP contribution < -0.4 is 15.4 Å². The molecule has 0 bridgehead atoms. The summed E-state index contributed by atoms with van der Waals surface area (Å²) in [6.07, 6.45) is 0.0779. The second-order valence-electron chi connectivity index (χ2n) is 6.02. The average Bonchev–Trinajstić information content (AvgIpc) is 3.15. The molecule has 0 fully saturated rings. The Labute approximate surface area is 185 Å². The Bertz CT molecular complexity index is 1040. The second kappa shape index (κ2) is 10.4. The minimum Gasteiger partial charge on any atom is -0.495 e. The number of rotatable bonds is 8. The van der Waals surface area contributed by atoms with Gasteiger partial charge < -0.3 is 15.4 Å². The third kappa shape index (κ3) is 6.45. The van der Waals surface area contributed by atoms with Gasteiger partial charge in [0.25, 0.3) is 0 Å². The van der Waals surface area contributed by atoms with Gasteiger partial charge in [0.2, 0.25) is 11.8 Å². The van der Waals surface area contributed by atoms with Crippen LogP contribution in [-0.4, -0.2) is 29.7 Å². The molecule has 6 nitrogen and oxygen atoms in total. The molecule has 30 heavy (non-hydrogen) atoms. The lowest BCUT2D eigenvalue weighted by atomic mass is 10.2. The number of methoxy groups -OCH3 is 1. The third-order valence-electron chi connectivity index (χ3n) is 3.76. The molecule has 3 aromatic rings. The summed E-state index contributed by atoms with van der Waals surface area (Å²) in [6.45, 7) is 0. The van der Waals surface area contributed by atoms with E-state index in [9.17, 15) is 14.0 Å². The molecule has 0 radical (unpaired) electrons. The van der Waals surface area contributed by atoms with Crippen LogP contribution in [0.3, 0.4) is 0 Å². The van der Waals surface area contributed by atoms with E-state index in [2.05, 4.69) is 15.6 Å². The summed E-state index contributed by atoms with van der Waals surface area (Å²) in [5.41, 5.74) is 1.60. The summed E-state index contributed by atoms with van der Waals surface area (Å²) >= 11 is 8.59. The van der Waals surface area contributed by atoms with E-state index in [0.717, 1.165) is 0 Å². The van der Waals surface area contributed by atoms with Crippen molar-refractivity contribution < 1.29 is 18.7 Å². The van der Waals surface area contributed by atoms with Crippen LogP contribution in [0.1, 0.15) is 5.69 Å². The van der Waals surface area contributed by atoms with Gasteiger partial charge in [0.05, 0.1) is 30.7 Å². The zero-order chi connectivity index (χ0) is 21.5. The molecule has 0 atom stereocenters. The number of aromatic nitrogens is 1. The molecule has 3 rings (SSSR count). The summed E-state index contributed by atoms with van der Waals surface area (Å²) in [5, 5.41) is 7.70. The summed E-state index contributed by atoms with van der Waals surface area (Å²) in [6, 6.07) is 10.5. The third-order valence-corrected chi connectivity index (χ3v) is 6.07. The molecule has 1 aromatic heterocycles. The van der Waals surface area contributed by atoms with Crippen LogP contribution in [0.15, 0.2) is 52.2 Å². The SMILES string of the molecule is COc1ccc(Cl)cc1NC(=O)Cc1csc(SCC(=O)Nc2ccc(F)cc2)n1. The number of amides is 2. The molecule has 0 aliphatic carbocycles. The molecular formula is C20H17ClFN3O3S2. The lowest BCUT2D eigenvalue weighted by molar-refractivity contribution is -0.116. The first-order chi connectivity index (χ1) is 14.4. The summed E-state index contributed by atoms with van der Waals surface area (Å²) in [4.78, 5) is 28.7. The smallest absolute Gasteiger partial charge is 0.234 e. The molecule has 2 aromatic carbocycles. The number of nitrogens with one attached hydrogen (secondary N) is 2. The maximum atomic E-state index is 12.9. The quantitative estimate of drug-likeness (QED) is 0.464. The number of ether oxygens (including phenoxy) is 1. The molecule has 2 N–H and O–H groups in total. The highest BCUT2D eigenvalue weighted by atomic mass is 35.5. The van der Waals surface area contributed by atoms with Gasteiger partial charge in [0, 0.05) is 16.1 Å². The van der Waals surface area contributed by atoms with Crippen molar-refractivity contribution in [3.8, 4) is 5.75 Å². The molecule has 1 heterocycles. The maximum absolute atomic E-state index is 12.9. The number of anilines is 2. The molecular weight excluding hydrogens is 449 g/mol. The number of thioether (sulfide) groups is 1. The van der Waals surface area contributed by atoms with Crippen LogP contribution in [0.25, 0.3) is 0 Å². The van der Waals surface area contributed by atoms with Crippen LogP contribution in [0.4, 0.5) is 15.8 Å². The Morgan fingerprint density at radius 3 is 2.67 bits per heavy atom. The van der Waals surface area contributed by atoms with E-state index in [-0.39, 0.29) is 29.8 Å². The highest BCUT2D eigenvalue weighted by Crippen LogP contribution is 2.28. The van der Waals surface area contributed by atoms with Gasteiger partial charge in [-0.25, -0.2) is 9.37 Å². The zero-order valence-electron chi connectivity index (χ0n) is 15.8. The summed E-state index contributed by atoms with van der Waals surface area (Å²) < 4.78 is 18.8. The molecule has 0 saturated carbocycles. The van der Waals surface area contributed by atoms with E-state index in [0.29, 0.717) is 32.2 Å². The predicted octanol–water partition coefficient (Wildman–Crippen LogP) is 4.86. The van der Waals surface area contributed by atoms with E-state index in [1.54, 1.807) is 23.6 Å². The lowest BCUT2D eigenvalue weighted by Gasteiger charge is -2.10. The Morgan fingerprint density at radius 2 is 1.93 bits per heavy atom. The van der Waals surface area contributed by atoms with Crippen molar-refractivity contribution in [2.45, 2.75) is 10.8 Å². The molecule has 2 amide bonds. The van der Waals surface area contributed by atoms with E-state index in [4.69, 9.17) is 16.3 Å². The molecule has 0 saturated heterocycles. The van der Waals surface area contributed by atoms with Crippen LogP contribution >= 0.6 is 34.7 Å². The van der Waals surface area contributed by atoms with E-state index >= 15 is 0 Å². The van der Waals surface area contributed by atoms with E-state index in [1.165, 1.54) is 54.5 Å². The number of hydrogen-bond donors (Lipinski definition) is 2. The van der Waals surface area contributed by atoms with Gasteiger partial charge in [0.1, 0.15) is 11.6 Å². The predicted molar refractivity (Wildman–Crippen MR) is 118 cm³/mol. The minimum absolute atomic E-state index is 0.0779. The monoisotopic (exact) mass is 465 g/mol. The summed E-state index contributed by atoms with van der Waals surface area (Å²) in [5.74, 6) is -0.193. The Morgan fingerprint density at radius 1 is 1.17 bits per heavy atom. The second-order valence-corrected chi connectivity index (χ2v) is 8.54. The number of nitrogens with zero attached hydrogens (tertiary/aromatic N) is 1. The first kappa shape index (κ1) is 22.1. The Balaban J connectivity index is 1.50. The van der Waals surface area contributed by atoms with E-state index in [1.807, 2.05) is 0 Å². The molecule has 0 unspecified atom stereocenters. The topological polar surface area (TPSA) is 80.3 Å². The number of carbonyl (C=O) groups excluding carboxylic acids is 2. The average molecular weight is 466 g/mol. The highest BCUT2D eigenvalue weighted by Gasteiger charge is 2.12. The minimum atomic E-state index is -0.365. The fourth-order valence-corrected chi connectivity index (χ4v) is 4.25. The van der Waals surface area contributed by atoms with Crippen molar-refractivity contribution in [3.63, 3.8) is 0 Å². The normalized spacial score (nSPS) is 10.5. The van der Waals surface area contributed by atoms with Gasteiger partial charge in [-0.05, 0) is 42.5 Å². The van der Waals surface area contributed by atoms with Crippen molar-refractivity contribution in [1.82, 2.24) is 4.98 Å². The zero-order valence-corrected chi connectivity index (χ0v) is 18.2. The maximum Gasteiger partial charge on any atom is 0.234 e. The van der Waals surface area contributed by atoms with Crippen molar-refractivity contribution in [1.29, 1.82) is 0 Å². The van der Waals surface area contributed by atoms with Crippen LogP contribution in [0, 0.1) is 5.82 Å². The standard InChI is InChI=1S/C20H17ClFN3O3S2/c1-28-17-7-2-12(21)8-16(17)25-18(26)9-15-10-29-20(24-15)30-11-19(27)23-14-5-3-13(22)4-6-14/h2-8,10H,9,11H2,1H3,(H,23,27)(H,25,26). The van der Waals surface area contributed by atoms with Gasteiger partial charge in [-0.3, -0.25) is 9.59 Å². The van der Waals surface area contributed by atoms with Crippen molar-refractivity contribution in [3.05, 3.63) is 64.4 Å². The van der Waals surface area contributed by atoms with Gasteiger partial charge in [0.15, 0.2) is 4.34 Å². The Hall–Kier alpha value is -2.62. The van der Waals surface area contributed by atoms with Crippen molar-refractivity contribution in [2.75, 3.05) is 23.5 Å². The number of hydrogen-bond acceptors (Lipinski definition) is 6. The highest BCUT2D eigenvalue weighted by molar-refractivity contribution is 8.01. The van der Waals surface area contributed by atoms with Crippen molar-refractivity contribution >= 4 is 57.9 Å².